The molecule has 0 radical (unpaired) electrons. The molecule has 122 valence electrons. The standard InChI is InChI=1S/C18H17N3O3/c1-12-16(19-15-11-7-6-10-14(15)18(23)24)17(22)21(20(12)2)13-8-4-3-5-9-13/h3-11,19H,1-2H3,(H,23,24). The zero-order valence-corrected chi connectivity index (χ0v) is 13.4. The van der Waals surface area contributed by atoms with Crippen molar-refractivity contribution >= 4 is 17.3 Å². The highest BCUT2D eigenvalue weighted by atomic mass is 16.4. The Balaban J connectivity index is 2.12. The van der Waals surface area contributed by atoms with Crippen molar-refractivity contribution in [2.75, 3.05) is 5.32 Å². The van der Waals surface area contributed by atoms with Crippen molar-refractivity contribution in [3.05, 3.63) is 76.2 Å². The highest BCUT2D eigenvalue weighted by Gasteiger charge is 2.18. The van der Waals surface area contributed by atoms with Gasteiger partial charge >= 0.3 is 5.97 Å². The predicted octanol–water partition coefficient (Wildman–Crippen LogP) is 2.93. The fourth-order valence-electron chi connectivity index (χ4n) is 2.63. The lowest BCUT2D eigenvalue weighted by molar-refractivity contribution is 0.0698. The van der Waals surface area contributed by atoms with Gasteiger partial charge in [0.1, 0.15) is 5.69 Å². The number of para-hydroxylation sites is 2. The molecule has 3 rings (SSSR count). The minimum Gasteiger partial charge on any atom is -0.478 e. The number of aromatic nitrogens is 2. The third-order valence-electron chi connectivity index (χ3n) is 3.97. The third kappa shape index (κ3) is 2.58. The van der Waals surface area contributed by atoms with Gasteiger partial charge in [-0.3, -0.25) is 9.48 Å². The first-order chi connectivity index (χ1) is 11.5. The summed E-state index contributed by atoms with van der Waals surface area (Å²) in [5.41, 5.74) is 2.08. The Morgan fingerprint density at radius 1 is 1.04 bits per heavy atom. The minimum absolute atomic E-state index is 0.117. The number of hydrogen-bond donors (Lipinski definition) is 2. The minimum atomic E-state index is -1.05. The van der Waals surface area contributed by atoms with Crippen molar-refractivity contribution in [3.63, 3.8) is 0 Å². The first kappa shape index (κ1) is 15.6. The molecule has 0 aliphatic carbocycles. The number of carboxylic acid groups (broad SMARTS) is 1. The Bertz CT molecular complexity index is 955. The van der Waals surface area contributed by atoms with E-state index in [4.69, 9.17) is 0 Å². The molecule has 0 bridgehead atoms. The van der Waals surface area contributed by atoms with E-state index in [9.17, 15) is 14.7 Å². The highest BCUT2D eigenvalue weighted by molar-refractivity contribution is 5.95. The molecule has 0 fully saturated rings. The summed E-state index contributed by atoms with van der Waals surface area (Å²) >= 11 is 0. The first-order valence-electron chi connectivity index (χ1n) is 7.44. The van der Waals surface area contributed by atoms with Crippen LogP contribution in [0.4, 0.5) is 11.4 Å². The molecule has 3 aromatic rings. The van der Waals surface area contributed by atoms with E-state index in [-0.39, 0.29) is 11.1 Å². The van der Waals surface area contributed by atoms with Crippen LogP contribution in [0.1, 0.15) is 16.1 Å². The van der Waals surface area contributed by atoms with Crippen LogP contribution >= 0.6 is 0 Å². The van der Waals surface area contributed by atoms with E-state index in [0.717, 1.165) is 5.69 Å². The van der Waals surface area contributed by atoms with Gasteiger partial charge in [0.25, 0.3) is 5.56 Å². The lowest BCUT2D eigenvalue weighted by Crippen LogP contribution is -2.20. The van der Waals surface area contributed by atoms with Crippen LogP contribution in [0.2, 0.25) is 0 Å². The lowest BCUT2D eigenvalue weighted by atomic mass is 10.1. The summed E-state index contributed by atoms with van der Waals surface area (Å²) in [5.74, 6) is -1.05. The second kappa shape index (κ2) is 6.08. The SMILES string of the molecule is Cc1c(Nc2ccccc2C(=O)O)c(=O)n(-c2ccccc2)n1C. The third-order valence-corrected chi connectivity index (χ3v) is 3.97. The molecule has 1 heterocycles. The molecule has 0 aliphatic rings. The summed E-state index contributed by atoms with van der Waals surface area (Å²) in [6.45, 7) is 1.81. The van der Waals surface area contributed by atoms with Gasteiger partial charge in [0.2, 0.25) is 0 Å². The summed E-state index contributed by atoms with van der Waals surface area (Å²) in [6, 6.07) is 15.8. The van der Waals surface area contributed by atoms with Gasteiger partial charge in [0.05, 0.1) is 22.6 Å². The maximum Gasteiger partial charge on any atom is 0.337 e. The van der Waals surface area contributed by atoms with Crippen molar-refractivity contribution in [2.45, 2.75) is 6.92 Å². The van der Waals surface area contributed by atoms with Crippen molar-refractivity contribution in [1.82, 2.24) is 9.36 Å². The molecule has 0 aliphatic heterocycles. The van der Waals surface area contributed by atoms with Crippen LogP contribution in [0, 0.1) is 6.92 Å². The zero-order chi connectivity index (χ0) is 17.3. The normalized spacial score (nSPS) is 10.6. The Morgan fingerprint density at radius 3 is 2.33 bits per heavy atom. The number of carboxylic acids is 1. The topological polar surface area (TPSA) is 76.3 Å². The number of aromatic carboxylic acids is 1. The quantitative estimate of drug-likeness (QED) is 0.774. The summed E-state index contributed by atoms with van der Waals surface area (Å²) in [5, 5.41) is 12.3. The molecule has 6 nitrogen and oxygen atoms in total. The second-order valence-corrected chi connectivity index (χ2v) is 5.41. The molecule has 0 atom stereocenters. The summed E-state index contributed by atoms with van der Waals surface area (Å²) in [4.78, 5) is 24.2. The zero-order valence-electron chi connectivity index (χ0n) is 13.4. The van der Waals surface area contributed by atoms with E-state index in [0.29, 0.717) is 17.1 Å². The van der Waals surface area contributed by atoms with Crippen LogP contribution in [0.25, 0.3) is 5.69 Å². The van der Waals surface area contributed by atoms with Gasteiger partial charge in [-0.25, -0.2) is 9.48 Å². The van der Waals surface area contributed by atoms with E-state index in [1.165, 1.54) is 6.07 Å². The molecule has 0 unspecified atom stereocenters. The summed E-state index contributed by atoms with van der Waals surface area (Å²) in [6.07, 6.45) is 0. The molecular weight excluding hydrogens is 306 g/mol. The average Bonchev–Trinajstić information content (AvgIpc) is 2.79. The van der Waals surface area contributed by atoms with E-state index in [1.54, 1.807) is 34.6 Å². The van der Waals surface area contributed by atoms with Crippen LogP contribution in [0.5, 0.6) is 0 Å². The number of nitrogens with one attached hydrogen (secondary N) is 1. The monoisotopic (exact) mass is 323 g/mol. The van der Waals surface area contributed by atoms with Crippen LogP contribution < -0.4 is 10.9 Å². The van der Waals surface area contributed by atoms with Gasteiger partial charge in [-0.05, 0) is 31.2 Å². The van der Waals surface area contributed by atoms with Crippen LogP contribution in [0.15, 0.2) is 59.4 Å². The number of nitrogens with zero attached hydrogens (tertiary/aromatic N) is 2. The molecule has 0 saturated heterocycles. The Hall–Kier alpha value is -3.28. The fourth-order valence-corrected chi connectivity index (χ4v) is 2.63. The van der Waals surface area contributed by atoms with Gasteiger partial charge < -0.3 is 10.4 Å². The van der Waals surface area contributed by atoms with E-state index >= 15 is 0 Å². The summed E-state index contributed by atoms with van der Waals surface area (Å²) in [7, 11) is 1.79. The molecule has 6 heteroatoms. The number of anilines is 2. The second-order valence-electron chi connectivity index (χ2n) is 5.41. The fraction of sp³-hybridized carbons (Fsp3) is 0.111. The number of carbonyl (C=O) groups is 1. The Kier molecular flexibility index (Phi) is 3.95. The maximum absolute atomic E-state index is 12.8. The Morgan fingerprint density at radius 2 is 1.67 bits per heavy atom. The van der Waals surface area contributed by atoms with Crippen LogP contribution in [-0.4, -0.2) is 20.4 Å². The highest BCUT2D eigenvalue weighted by Crippen LogP contribution is 2.22. The molecule has 1 aromatic heterocycles. The Labute approximate surface area is 138 Å². The number of benzene rings is 2. The van der Waals surface area contributed by atoms with Crippen LogP contribution in [0.3, 0.4) is 0 Å². The van der Waals surface area contributed by atoms with Gasteiger partial charge in [-0.1, -0.05) is 30.3 Å². The smallest absolute Gasteiger partial charge is 0.337 e. The molecule has 24 heavy (non-hydrogen) atoms. The van der Waals surface area contributed by atoms with Gasteiger partial charge in [0.15, 0.2) is 0 Å². The molecule has 2 N–H and O–H groups in total. The molecule has 2 aromatic carbocycles. The van der Waals surface area contributed by atoms with Gasteiger partial charge in [0, 0.05) is 7.05 Å². The van der Waals surface area contributed by atoms with Crippen molar-refractivity contribution in [2.24, 2.45) is 7.05 Å². The lowest BCUT2D eigenvalue weighted by Gasteiger charge is -2.08. The van der Waals surface area contributed by atoms with Crippen molar-refractivity contribution in [1.29, 1.82) is 0 Å². The van der Waals surface area contributed by atoms with Gasteiger partial charge in [-0.15, -0.1) is 0 Å². The van der Waals surface area contributed by atoms with E-state index < -0.39 is 5.97 Å². The van der Waals surface area contributed by atoms with Crippen molar-refractivity contribution in [3.8, 4) is 5.69 Å². The number of rotatable bonds is 4. The van der Waals surface area contributed by atoms with Gasteiger partial charge in [-0.2, -0.15) is 0 Å². The maximum atomic E-state index is 12.8. The molecule has 0 amide bonds. The molecular formula is C18H17N3O3. The molecule has 0 saturated carbocycles. The average molecular weight is 323 g/mol. The number of hydrogen-bond acceptors (Lipinski definition) is 3. The van der Waals surface area contributed by atoms with Crippen LogP contribution in [-0.2, 0) is 7.05 Å². The van der Waals surface area contributed by atoms with E-state index in [1.807, 2.05) is 37.3 Å². The first-order valence-corrected chi connectivity index (χ1v) is 7.44. The van der Waals surface area contributed by atoms with Crippen molar-refractivity contribution < 1.29 is 9.90 Å². The molecule has 0 spiro atoms. The predicted molar refractivity (Wildman–Crippen MR) is 92.4 cm³/mol. The van der Waals surface area contributed by atoms with E-state index in [2.05, 4.69) is 5.32 Å². The summed E-state index contributed by atoms with van der Waals surface area (Å²) < 4.78 is 3.28. The largest absolute Gasteiger partial charge is 0.478 e.